The van der Waals surface area contributed by atoms with Crippen molar-refractivity contribution in [3.05, 3.63) is 57.0 Å². The van der Waals surface area contributed by atoms with E-state index in [1.54, 1.807) is 22.0 Å². The monoisotopic (exact) mass is 387 g/mol. The average Bonchev–Trinajstić information content (AvgIpc) is 3.14. The average molecular weight is 388 g/mol. The first-order valence-electron chi connectivity index (χ1n) is 8.46. The molecule has 0 aliphatic heterocycles. The first kappa shape index (κ1) is 18.7. The minimum Gasteiger partial charge on any atom is -0.350 e. The van der Waals surface area contributed by atoms with Crippen LogP contribution in [0.5, 0.6) is 0 Å². The lowest BCUT2D eigenvalue weighted by atomic mass is 10.2. The van der Waals surface area contributed by atoms with Gasteiger partial charge in [0.05, 0.1) is 23.2 Å². The van der Waals surface area contributed by atoms with Crippen molar-refractivity contribution in [2.45, 2.75) is 32.1 Å². The van der Waals surface area contributed by atoms with Crippen LogP contribution in [0.4, 0.5) is 0 Å². The van der Waals surface area contributed by atoms with Gasteiger partial charge in [-0.25, -0.2) is 4.98 Å². The predicted molar refractivity (Wildman–Crippen MR) is 108 cm³/mol. The maximum absolute atomic E-state index is 12.8. The molecule has 1 N–H and O–H groups in total. The Hall–Kier alpha value is -2.12. The quantitative estimate of drug-likeness (QED) is 0.498. The lowest BCUT2D eigenvalue weighted by Gasteiger charge is -2.14. The Morgan fingerprint density at radius 2 is 2.08 bits per heavy atom. The number of nitrogens with one attached hydrogen (secondary N) is 1. The fraction of sp³-hybridized carbons (Fsp3) is 0.316. The largest absolute Gasteiger partial charge is 0.350 e. The van der Waals surface area contributed by atoms with E-state index < -0.39 is 0 Å². The Morgan fingerprint density at radius 3 is 2.81 bits per heavy atom. The Kier molecular flexibility index (Phi) is 6.11. The van der Waals surface area contributed by atoms with Crippen molar-refractivity contribution in [2.24, 2.45) is 5.92 Å². The van der Waals surface area contributed by atoms with Gasteiger partial charge in [-0.2, -0.15) is 0 Å². The number of hydrogen-bond donors (Lipinski definition) is 1. The zero-order valence-electron chi connectivity index (χ0n) is 14.8. The Balaban J connectivity index is 1.77. The third-order valence-corrected chi connectivity index (χ3v) is 5.60. The van der Waals surface area contributed by atoms with Crippen LogP contribution in [-0.2, 0) is 17.9 Å². The SMILES string of the molecule is CC(C)Cn1c(SCC(=O)NCc2cccs2)nc2ccccc2c1=O. The first-order chi connectivity index (χ1) is 12.5. The molecule has 0 unspecified atom stereocenters. The molecule has 0 radical (unpaired) electrons. The summed E-state index contributed by atoms with van der Waals surface area (Å²) < 4.78 is 1.68. The van der Waals surface area contributed by atoms with Crippen LogP contribution < -0.4 is 10.9 Å². The molecule has 0 aliphatic rings. The number of nitrogens with zero attached hydrogens (tertiary/aromatic N) is 2. The van der Waals surface area contributed by atoms with E-state index >= 15 is 0 Å². The number of hydrogen-bond acceptors (Lipinski definition) is 5. The molecular formula is C19H21N3O2S2. The number of aromatic nitrogens is 2. The third kappa shape index (κ3) is 4.53. The topological polar surface area (TPSA) is 64.0 Å². The van der Waals surface area contributed by atoms with Crippen LogP contribution in [0.15, 0.2) is 51.7 Å². The molecule has 0 saturated carbocycles. The summed E-state index contributed by atoms with van der Waals surface area (Å²) >= 11 is 2.92. The predicted octanol–water partition coefficient (Wildman–Crippen LogP) is 3.52. The standard InChI is InChI=1S/C19H21N3O2S2/c1-13(2)11-22-18(24)15-7-3-4-8-16(15)21-19(22)26-12-17(23)20-10-14-6-5-9-25-14/h3-9,13H,10-12H2,1-2H3,(H,20,23). The molecule has 5 nitrogen and oxygen atoms in total. The summed E-state index contributed by atoms with van der Waals surface area (Å²) in [6.45, 7) is 5.23. The van der Waals surface area contributed by atoms with Crippen molar-refractivity contribution in [1.29, 1.82) is 0 Å². The number of carbonyl (C=O) groups excluding carboxylic acids is 1. The molecule has 0 fully saturated rings. The molecule has 0 spiro atoms. The molecular weight excluding hydrogens is 366 g/mol. The van der Waals surface area contributed by atoms with Crippen LogP contribution in [0, 0.1) is 5.92 Å². The maximum atomic E-state index is 12.8. The molecule has 3 aromatic rings. The van der Waals surface area contributed by atoms with E-state index in [0.29, 0.717) is 35.1 Å². The van der Waals surface area contributed by atoms with Gasteiger partial charge in [0.2, 0.25) is 5.91 Å². The van der Waals surface area contributed by atoms with Gasteiger partial charge in [-0.05, 0) is 29.5 Å². The highest BCUT2D eigenvalue weighted by atomic mass is 32.2. The van der Waals surface area contributed by atoms with Gasteiger partial charge in [-0.1, -0.05) is 43.8 Å². The molecule has 7 heteroatoms. The van der Waals surface area contributed by atoms with Crippen molar-refractivity contribution >= 4 is 39.9 Å². The number of benzene rings is 1. The van der Waals surface area contributed by atoms with Gasteiger partial charge in [0.25, 0.3) is 5.56 Å². The van der Waals surface area contributed by atoms with Crippen molar-refractivity contribution in [1.82, 2.24) is 14.9 Å². The molecule has 2 heterocycles. The number of thioether (sulfide) groups is 1. The number of amides is 1. The van der Waals surface area contributed by atoms with Crippen LogP contribution in [0.2, 0.25) is 0 Å². The molecule has 1 amide bonds. The van der Waals surface area contributed by atoms with Gasteiger partial charge in [0, 0.05) is 11.4 Å². The van der Waals surface area contributed by atoms with Gasteiger partial charge in [0.15, 0.2) is 5.16 Å². The lowest BCUT2D eigenvalue weighted by Crippen LogP contribution is -2.27. The number of fused-ring (bicyclic) bond motifs is 1. The van der Waals surface area contributed by atoms with Gasteiger partial charge in [-0.3, -0.25) is 14.2 Å². The molecule has 2 aromatic heterocycles. The zero-order chi connectivity index (χ0) is 18.5. The van der Waals surface area contributed by atoms with E-state index in [-0.39, 0.29) is 17.2 Å². The summed E-state index contributed by atoms with van der Waals surface area (Å²) in [6, 6.07) is 11.3. The Morgan fingerprint density at radius 1 is 1.27 bits per heavy atom. The van der Waals surface area contributed by atoms with E-state index in [1.807, 2.05) is 35.7 Å². The van der Waals surface area contributed by atoms with Crippen LogP contribution >= 0.6 is 23.1 Å². The number of para-hydroxylation sites is 1. The number of carbonyl (C=O) groups is 1. The highest BCUT2D eigenvalue weighted by Crippen LogP contribution is 2.19. The summed E-state index contributed by atoms with van der Waals surface area (Å²) in [6.07, 6.45) is 0. The lowest BCUT2D eigenvalue weighted by molar-refractivity contribution is -0.118. The van der Waals surface area contributed by atoms with Gasteiger partial charge >= 0.3 is 0 Å². The van der Waals surface area contributed by atoms with Gasteiger partial charge in [0.1, 0.15) is 0 Å². The molecule has 136 valence electrons. The van der Waals surface area contributed by atoms with Crippen molar-refractivity contribution in [2.75, 3.05) is 5.75 Å². The van der Waals surface area contributed by atoms with E-state index in [0.717, 1.165) is 4.88 Å². The summed E-state index contributed by atoms with van der Waals surface area (Å²) in [5.41, 5.74) is 0.616. The highest BCUT2D eigenvalue weighted by Gasteiger charge is 2.14. The molecule has 26 heavy (non-hydrogen) atoms. The van der Waals surface area contributed by atoms with Crippen LogP contribution in [0.1, 0.15) is 18.7 Å². The smallest absolute Gasteiger partial charge is 0.262 e. The number of rotatable bonds is 7. The van der Waals surface area contributed by atoms with Gasteiger partial charge in [-0.15, -0.1) is 11.3 Å². The third-order valence-electron chi connectivity index (χ3n) is 3.75. The highest BCUT2D eigenvalue weighted by molar-refractivity contribution is 7.99. The van der Waals surface area contributed by atoms with E-state index in [1.165, 1.54) is 11.8 Å². The molecule has 0 bridgehead atoms. The Labute approximate surface area is 160 Å². The van der Waals surface area contributed by atoms with Crippen molar-refractivity contribution < 1.29 is 4.79 Å². The maximum Gasteiger partial charge on any atom is 0.262 e. The summed E-state index contributed by atoms with van der Waals surface area (Å²) in [5.74, 6) is 0.471. The van der Waals surface area contributed by atoms with E-state index in [9.17, 15) is 9.59 Å². The first-order valence-corrected chi connectivity index (χ1v) is 10.3. The summed E-state index contributed by atoms with van der Waals surface area (Å²) in [7, 11) is 0. The minimum atomic E-state index is -0.0677. The zero-order valence-corrected chi connectivity index (χ0v) is 16.4. The second-order valence-electron chi connectivity index (χ2n) is 6.37. The van der Waals surface area contributed by atoms with Crippen LogP contribution in [0.3, 0.4) is 0 Å². The van der Waals surface area contributed by atoms with Gasteiger partial charge < -0.3 is 5.32 Å². The van der Waals surface area contributed by atoms with E-state index in [4.69, 9.17) is 0 Å². The second-order valence-corrected chi connectivity index (χ2v) is 8.34. The molecule has 3 rings (SSSR count). The normalized spacial score (nSPS) is 11.2. The number of thiophene rings is 1. The van der Waals surface area contributed by atoms with E-state index in [2.05, 4.69) is 24.1 Å². The fourth-order valence-electron chi connectivity index (χ4n) is 2.56. The molecule has 0 saturated heterocycles. The molecule has 1 aromatic carbocycles. The molecule has 0 atom stereocenters. The summed E-state index contributed by atoms with van der Waals surface area (Å²) in [5, 5.41) is 6.09. The summed E-state index contributed by atoms with van der Waals surface area (Å²) in [4.78, 5) is 30.7. The molecule has 0 aliphatic carbocycles. The van der Waals surface area contributed by atoms with Crippen molar-refractivity contribution in [3.8, 4) is 0 Å². The van der Waals surface area contributed by atoms with Crippen LogP contribution in [0.25, 0.3) is 10.9 Å². The Bertz CT molecular complexity index is 949. The van der Waals surface area contributed by atoms with Crippen LogP contribution in [-0.4, -0.2) is 21.2 Å². The second kappa shape index (κ2) is 8.51. The fourth-order valence-corrected chi connectivity index (χ4v) is 4.05. The van der Waals surface area contributed by atoms with Crippen molar-refractivity contribution in [3.63, 3.8) is 0 Å². The minimum absolute atomic E-state index is 0.0502.